The summed E-state index contributed by atoms with van der Waals surface area (Å²) in [7, 11) is 0. The van der Waals surface area contributed by atoms with Gasteiger partial charge >= 0.3 is 0 Å². The maximum absolute atomic E-state index is 12.7. The number of hydrogen-bond donors (Lipinski definition) is 2. The van der Waals surface area contributed by atoms with Gasteiger partial charge < -0.3 is 15.2 Å². The van der Waals surface area contributed by atoms with Crippen LogP contribution in [0.15, 0.2) is 36.5 Å². The van der Waals surface area contributed by atoms with E-state index in [0.717, 1.165) is 23.3 Å². The van der Waals surface area contributed by atoms with E-state index in [1.54, 1.807) is 6.20 Å². The number of rotatable bonds is 4. The van der Waals surface area contributed by atoms with Crippen LogP contribution in [0.5, 0.6) is 5.75 Å². The number of nitrogens with one attached hydrogen (secondary N) is 1. The van der Waals surface area contributed by atoms with Gasteiger partial charge in [-0.15, -0.1) is 0 Å². The van der Waals surface area contributed by atoms with Crippen LogP contribution in [0.3, 0.4) is 0 Å². The molecule has 1 fully saturated rings. The molecule has 5 nitrogen and oxygen atoms in total. The molecule has 0 spiro atoms. The van der Waals surface area contributed by atoms with Gasteiger partial charge in [-0.25, -0.2) is 0 Å². The molecule has 130 valence electrons. The molecule has 1 aromatic carbocycles. The van der Waals surface area contributed by atoms with Crippen LogP contribution in [0.2, 0.25) is 0 Å². The molecule has 2 heterocycles. The van der Waals surface area contributed by atoms with Crippen LogP contribution >= 0.6 is 0 Å². The van der Waals surface area contributed by atoms with E-state index < -0.39 is 0 Å². The van der Waals surface area contributed by atoms with Crippen molar-refractivity contribution in [2.24, 2.45) is 5.92 Å². The molecule has 1 aliphatic carbocycles. The molecule has 2 N–H and O–H groups in total. The number of amides is 1. The average molecular weight is 338 g/mol. The number of aromatic nitrogens is 1. The molecule has 0 radical (unpaired) electrons. The smallest absolute Gasteiger partial charge is 0.270 e. The van der Waals surface area contributed by atoms with Crippen molar-refractivity contribution in [2.75, 3.05) is 6.61 Å². The minimum Gasteiger partial charge on any atom is -0.493 e. The summed E-state index contributed by atoms with van der Waals surface area (Å²) in [5, 5.41) is 12.9. The molecule has 2 aliphatic rings. The minimum absolute atomic E-state index is 0.122. The van der Waals surface area contributed by atoms with Gasteiger partial charge in [0, 0.05) is 12.6 Å². The third-order valence-electron chi connectivity index (χ3n) is 5.20. The van der Waals surface area contributed by atoms with E-state index in [1.165, 1.54) is 5.56 Å². The molecule has 0 saturated heterocycles. The summed E-state index contributed by atoms with van der Waals surface area (Å²) in [5.41, 5.74) is 3.57. The van der Waals surface area contributed by atoms with Crippen molar-refractivity contribution in [1.82, 2.24) is 10.3 Å². The van der Waals surface area contributed by atoms with E-state index in [9.17, 15) is 9.90 Å². The van der Waals surface area contributed by atoms with Gasteiger partial charge in [0.05, 0.1) is 18.8 Å². The summed E-state index contributed by atoms with van der Waals surface area (Å²) in [6.07, 6.45) is 3.69. The number of nitrogens with zero attached hydrogens (tertiary/aromatic N) is 1. The van der Waals surface area contributed by atoms with Gasteiger partial charge in [0.2, 0.25) is 0 Å². The Morgan fingerprint density at radius 1 is 1.36 bits per heavy atom. The number of benzene rings is 1. The Labute approximate surface area is 147 Å². The van der Waals surface area contributed by atoms with E-state index >= 15 is 0 Å². The highest BCUT2D eigenvalue weighted by Gasteiger charge is 2.36. The largest absolute Gasteiger partial charge is 0.493 e. The summed E-state index contributed by atoms with van der Waals surface area (Å²) in [5.74, 6) is 1.01. The maximum Gasteiger partial charge on any atom is 0.270 e. The Morgan fingerprint density at radius 3 is 2.96 bits per heavy atom. The first-order valence-corrected chi connectivity index (χ1v) is 8.78. The fraction of sp³-hybridized carbons (Fsp3) is 0.400. The molecule has 1 unspecified atom stereocenters. The van der Waals surface area contributed by atoms with Crippen LogP contribution in [0.1, 0.15) is 46.1 Å². The van der Waals surface area contributed by atoms with Crippen molar-refractivity contribution in [2.45, 2.75) is 38.3 Å². The van der Waals surface area contributed by atoms with Gasteiger partial charge in [-0.1, -0.05) is 12.1 Å². The molecule has 1 aromatic heterocycles. The summed E-state index contributed by atoms with van der Waals surface area (Å²) < 4.78 is 5.58. The van der Waals surface area contributed by atoms with Gasteiger partial charge in [-0.05, 0) is 60.6 Å². The Morgan fingerprint density at radius 2 is 2.20 bits per heavy atom. The topological polar surface area (TPSA) is 71.5 Å². The van der Waals surface area contributed by atoms with Crippen molar-refractivity contribution < 1.29 is 14.6 Å². The molecule has 4 rings (SSSR count). The van der Waals surface area contributed by atoms with Crippen LogP contribution in [0, 0.1) is 12.8 Å². The third kappa shape index (κ3) is 3.12. The molecule has 5 heteroatoms. The molecule has 1 saturated carbocycles. The zero-order chi connectivity index (χ0) is 17.4. The highest BCUT2D eigenvalue weighted by Crippen LogP contribution is 2.40. The molecular formula is C20H22N2O3. The van der Waals surface area contributed by atoms with Crippen LogP contribution in [0.4, 0.5) is 0 Å². The first kappa shape index (κ1) is 16.1. The Balaban J connectivity index is 1.61. The highest BCUT2D eigenvalue weighted by atomic mass is 16.5. The van der Waals surface area contributed by atoms with E-state index in [-0.39, 0.29) is 24.0 Å². The molecule has 2 aromatic rings. The summed E-state index contributed by atoms with van der Waals surface area (Å²) in [4.78, 5) is 17.0. The van der Waals surface area contributed by atoms with E-state index in [4.69, 9.17) is 4.74 Å². The summed E-state index contributed by atoms with van der Waals surface area (Å²) in [6.45, 7) is 2.60. The van der Waals surface area contributed by atoms with Crippen LogP contribution in [-0.2, 0) is 6.42 Å². The van der Waals surface area contributed by atoms with E-state index in [0.29, 0.717) is 25.1 Å². The summed E-state index contributed by atoms with van der Waals surface area (Å²) in [6, 6.07) is 9.72. The monoisotopic (exact) mass is 338 g/mol. The van der Waals surface area contributed by atoms with E-state index in [1.807, 2.05) is 31.2 Å². The average Bonchev–Trinajstić information content (AvgIpc) is 3.05. The number of aliphatic hydroxyl groups excluding tert-OH is 1. The lowest BCUT2D eigenvalue weighted by molar-refractivity contribution is 0.0234. The lowest BCUT2D eigenvalue weighted by Gasteiger charge is -2.38. The number of pyridine rings is 1. The highest BCUT2D eigenvalue weighted by molar-refractivity contribution is 5.93. The second-order valence-electron chi connectivity index (χ2n) is 6.97. The van der Waals surface area contributed by atoms with Crippen molar-refractivity contribution in [3.8, 4) is 5.75 Å². The van der Waals surface area contributed by atoms with Crippen molar-refractivity contribution >= 4 is 5.91 Å². The van der Waals surface area contributed by atoms with Crippen molar-refractivity contribution in [3.63, 3.8) is 0 Å². The Bertz CT molecular complexity index is 799. The minimum atomic E-state index is -0.265. The molecule has 1 aliphatic heterocycles. The number of aryl methyl sites for hydroxylation is 1. The molecule has 25 heavy (non-hydrogen) atoms. The molecule has 1 amide bonds. The lowest BCUT2D eigenvalue weighted by atomic mass is 9.74. The van der Waals surface area contributed by atoms with Crippen LogP contribution < -0.4 is 10.1 Å². The van der Waals surface area contributed by atoms with Gasteiger partial charge in [-0.3, -0.25) is 9.78 Å². The number of fused-ring (bicyclic) bond motifs is 1. The fourth-order valence-corrected chi connectivity index (χ4v) is 3.71. The molecule has 0 bridgehead atoms. The van der Waals surface area contributed by atoms with Gasteiger partial charge in [0.1, 0.15) is 11.4 Å². The third-order valence-corrected chi connectivity index (χ3v) is 5.20. The lowest BCUT2D eigenvalue weighted by Crippen LogP contribution is -2.41. The number of hydrogen-bond acceptors (Lipinski definition) is 4. The second kappa shape index (κ2) is 6.48. The fourth-order valence-electron chi connectivity index (χ4n) is 3.71. The standard InChI is InChI=1S/C20H22N2O3/c1-12-3-2-7-21-18(12)20(24)22-19(15-10-16(23)11-15)14-4-5-17-13(9-14)6-8-25-17/h2-5,7,9,15-16,19,23H,6,8,10-11H2,1H3,(H,22,24). The number of ether oxygens (including phenoxy) is 1. The zero-order valence-corrected chi connectivity index (χ0v) is 14.2. The van der Waals surface area contributed by atoms with Crippen LogP contribution in [-0.4, -0.2) is 28.7 Å². The Hall–Kier alpha value is -2.40. The SMILES string of the molecule is Cc1cccnc1C(=O)NC(c1ccc2c(c1)CCO2)C1CC(O)C1. The number of carbonyl (C=O) groups excluding carboxylic acids is 1. The van der Waals surface area contributed by atoms with Gasteiger partial charge in [0.25, 0.3) is 5.91 Å². The zero-order valence-electron chi connectivity index (χ0n) is 14.2. The second-order valence-corrected chi connectivity index (χ2v) is 6.97. The Kier molecular flexibility index (Phi) is 4.17. The molecule has 1 atom stereocenters. The first-order chi connectivity index (χ1) is 12.1. The first-order valence-electron chi connectivity index (χ1n) is 8.78. The van der Waals surface area contributed by atoms with Crippen LogP contribution in [0.25, 0.3) is 0 Å². The predicted octanol–water partition coefficient (Wildman–Crippen LogP) is 2.57. The maximum atomic E-state index is 12.7. The number of aliphatic hydroxyl groups is 1. The number of carbonyl (C=O) groups is 1. The predicted molar refractivity (Wildman–Crippen MR) is 93.6 cm³/mol. The normalized spacial score (nSPS) is 22.5. The van der Waals surface area contributed by atoms with Crippen molar-refractivity contribution in [3.05, 3.63) is 58.9 Å². The van der Waals surface area contributed by atoms with Gasteiger partial charge in [0.15, 0.2) is 0 Å². The van der Waals surface area contributed by atoms with Crippen molar-refractivity contribution in [1.29, 1.82) is 0 Å². The van der Waals surface area contributed by atoms with Gasteiger partial charge in [-0.2, -0.15) is 0 Å². The summed E-state index contributed by atoms with van der Waals surface area (Å²) >= 11 is 0. The van der Waals surface area contributed by atoms with E-state index in [2.05, 4.69) is 16.4 Å². The molecular weight excluding hydrogens is 316 g/mol. The quantitative estimate of drug-likeness (QED) is 0.899.